The molecule has 1 aromatic heterocycles. The van der Waals surface area contributed by atoms with Gasteiger partial charge in [-0.15, -0.1) is 0 Å². The number of nitrogens with one attached hydrogen (secondary N) is 1. The number of rotatable bonds is 11. The second-order valence-electron chi connectivity index (χ2n) is 16.4. The Kier molecular flexibility index (Phi) is 11.2. The molecule has 3 aliphatic rings. The van der Waals surface area contributed by atoms with Crippen LogP contribution >= 0.6 is 0 Å². The molecule has 282 valence electrons. The van der Waals surface area contributed by atoms with E-state index in [0.717, 1.165) is 49.3 Å². The number of aromatic nitrogens is 1. The fourth-order valence-electron chi connectivity index (χ4n) is 8.84. The van der Waals surface area contributed by atoms with Crippen LogP contribution in [0.5, 0.6) is 5.75 Å². The number of carbonyl (C=O) groups excluding carboxylic acids is 1. The molecule has 2 heterocycles. The minimum Gasteiger partial charge on any atom is -0.493 e. The Morgan fingerprint density at radius 2 is 1.68 bits per heavy atom. The molecule has 5 nitrogen and oxygen atoms in total. The summed E-state index contributed by atoms with van der Waals surface area (Å²) < 4.78 is 48.5. The molecular weight excluding hydrogens is 672 g/mol. The summed E-state index contributed by atoms with van der Waals surface area (Å²) in [6.07, 6.45) is 7.33. The third-order valence-electron chi connectivity index (χ3n) is 12.0. The van der Waals surface area contributed by atoms with E-state index in [1.807, 2.05) is 36.4 Å². The van der Waals surface area contributed by atoms with Gasteiger partial charge in [0, 0.05) is 23.1 Å². The number of ether oxygens (including phenoxy) is 1. The number of halogens is 3. The summed E-state index contributed by atoms with van der Waals surface area (Å²) in [5.41, 5.74) is 2.41. The van der Waals surface area contributed by atoms with Crippen LogP contribution in [0.1, 0.15) is 112 Å². The van der Waals surface area contributed by atoms with Crippen LogP contribution < -0.4 is 10.1 Å². The van der Waals surface area contributed by atoms with E-state index in [9.17, 15) is 18.0 Å². The van der Waals surface area contributed by atoms with Gasteiger partial charge < -0.3 is 15.0 Å². The maximum atomic E-state index is 14.9. The first-order valence-corrected chi connectivity index (χ1v) is 19.9. The second-order valence-corrected chi connectivity index (χ2v) is 16.4. The zero-order valence-corrected chi connectivity index (χ0v) is 31.5. The smallest absolute Gasteiger partial charge is 0.416 e. The van der Waals surface area contributed by atoms with Crippen molar-refractivity contribution in [3.8, 4) is 17.0 Å². The maximum absolute atomic E-state index is 14.9. The molecule has 1 saturated heterocycles. The third kappa shape index (κ3) is 8.58. The maximum Gasteiger partial charge on any atom is 0.416 e. The Hall–Kier alpha value is -3.91. The van der Waals surface area contributed by atoms with Crippen molar-refractivity contribution < 1.29 is 22.7 Å². The molecule has 0 spiro atoms. The normalized spacial score (nSPS) is 21.3. The van der Waals surface area contributed by atoms with Gasteiger partial charge in [0.15, 0.2) is 0 Å². The molecular formula is C45H54F3N3O2. The van der Waals surface area contributed by atoms with Gasteiger partial charge in [-0.3, -0.25) is 4.79 Å². The first-order valence-electron chi connectivity index (χ1n) is 19.9. The van der Waals surface area contributed by atoms with E-state index in [1.165, 1.54) is 57.3 Å². The molecule has 4 aromatic rings. The highest BCUT2D eigenvalue weighted by molar-refractivity contribution is 6.09. The Morgan fingerprint density at radius 3 is 2.40 bits per heavy atom. The Labute approximate surface area is 312 Å². The number of piperidine rings is 1. The van der Waals surface area contributed by atoms with Crippen molar-refractivity contribution in [3.63, 3.8) is 0 Å². The van der Waals surface area contributed by atoms with Gasteiger partial charge >= 0.3 is 6.18 Å². The van der Waals surface area contributed by atoms with Gasteiger partial charge in [0.2, 0.25) is 0 Å². The average Bonchev–Trinajstić information content (AvgIpc) is 3.98. The lowest BCUT2D eigenvalue weighted by Crippen LogP contribution is -2.38. The molecule has 3 unspecified atom stereocenters. The highest BCUT2D eigenvalue weighted by Crippen LogP contribution is 2.46. The lowest BCUT2D eigenvalue weighted by molar-refractivity contribution is -0.137. The number of nitrogens with zero attached hydrogens (tertiary/aromatic N) is 2. The Balaban J connectivity index is 1.32. The van der Waals surface area contributed by atoms with Crippen LogP contribution in [0, 0.1) is 17.8 Å². The van der Waals surface area contributed by atoms with Crippen molar-refractivity contribution in [2.45, 2.75) is 109 Å². The average molecular weight is 726 g/mol. The van der Waals surface area contributed by atoms with Crippen LogP contribution in [0.2, 0.25) is 0 Å². The zero-order chi connectivity index (χ0) is 37.2. The molecule has 0 radical (unpaired) electrons. The van der Waals surface area contributed by atoms with Crippen molar-refractivity contribution in [2.24, 2.45) is 17.8 Å². The first-order chi connectivity index (χ1) is 25.5. The van der Waals surface area contributed by atoms with E-state index < -0.39 is 17.3 Å². The summed E-state index contributed by atoms with van der Waals surface area (Å²) in [5, 5.41) is 4.11. The largest absolute Gasteiger partial charge is 0.493 e. The number of benzene rings is 3. The molecule has 1 aliphatic heterocycles. The highest BCUT2D eigenvalue weighted by Gasteiger charge is 2.46. The quantitative estimate of drug-likeness (QED) is 0.156. The lowest BCUT2D eigenvalue weighted by Gasteiger charge is -2.34. The van der Waals surface area contributed by atoms with Crippen molar-refractivity contribution >= 4 is 16.8 Å². The van der Waals surface area contributed by atoms with E-state index in [1.54, 1.807) is 6.07 Å². The van der Waals surface area contributed by atoms with Gasteiger partial charge in [-0.05, 0) is 118 Å². The van der Waals surface area contributed by atoms with Gasteiger partial charge in [0.05, 0.1) is 34.5 Å². The molecule has 3 aromatic carbocycles. The zero-order valence-electron chi connectivity index (χ0n) is 31.5. The van der Waals surface area contributed by atoms with Crippen molar-refractivity contribution in [1.29, 1.82) is 0 Å². The van der Waals surface area contributed by atoms with Crippen LogP contribution in [0.4, 0.5) is 13.2 Å². The predicted octanol–water partition coefficient (Wildman–Crippen LogP) is 11.0. The number of likely N-dealkylation sites (tertiary alicyclic amines) is 1. The number of hydrogen-bond donors (Lipinski definition) is 1. The minimum absolute atomic E-state index is 0.197. The molecule has 3 atom stereocenters. The number of alkyl halides is 3. The Bertz CT molecular complexity index is 1880. The molecule has 0 bridgehead atoms. The highest BCUT2D eigenvalue weighted by atomic mass is 19.4. The molecule has 2 aliphatic carbocycles. The van der Waals surface area contributed by atoms with Crippen LogP contribution in [-0.4, -0.2) is 41.5 Å². The molecule has 1 N–H and O–H groups in total. The monoisotopic (exact) mass is 725 g/mol. The number of amides is 1. The fraction of sp³-hybridized carbons (Fsp3) is 0.511. The lowest BCUT2D eigenvalue weighted by atomic mass is 9.80. The van der Waals surface area contributed by atoms with Crippen LogP contribution in [0.25, 0.3) is 22.2 Å². The molecule has 53 heavy (non-hydrogen) atoms. The summed E-state index contributed by atoms with van der Waals surface area (Å²) in [6.45, 7) is 9.31. The summed E-state index contributed by atoms with van der Waals surface area (Å²) in [7, 11) is 0. The van der Waals surface area contributed by atoms with Gasteiger partial charge in [-0.2, -0.15) is 13.2 Å². The molecule has 8 heteroatoms. The number of hydrogen-bond acceptors (Lipinski definition) is 4. The molecule has 2 saturated carbocycles. The summed E-state index contributed by atoms with van der Waals surface area (Å²) in [6, 6.07) is 21.7. The van der Waals surface area contributed by atoms with E-state index >= 15 is 0 Å². The summed E-state index contributed by atoms with van der Waals surface area (Å²) >= 11 is 0. The molecule has 1 amide bonds. The van der Waals surface area contributed by atoms with E-state index in [-0.39, 0.29) is 11.8 Å². The van der Waals surface area contributed by atoms with Gasteiger partial charge in [-0.1, -0.05) is 82.5 Å². The minimum atomic E-state index is -4.52. The standard InChI is InChI=1S/C45H54F3N3O2/c1-30(2)29-53-37-20-21-38-40(28-37)49-42(33-13-10-16-35(27-33)45(46,47)48)39(41(38)43(52)50-44(22-23-44)34-14-6-4-7-15-34)26-31(3)32-12-11-17-36(19-18-32)51-24-8-5-9-25-51/h4,6-7,10,13-16,20-21,27-28,30-32,36H,5,8-9,11-12,17-19,22-26,29H2,1-3H3,(H,50,52). The van der Waals surface area contributed by atoms with Crippen LogP contribution in [0.3, 0.4) is 0 Å². The SMILES string of the molecule is CC(C)COc1ccc2c(C(=O)NC3(c4ccccc4)CC3)c(CC(C)C3CCCC(N4CCCCC4)CC3)c(-c3cccc(C(F)(F)F)c3)nc2c1. The van der Waals surface area contributed by atoms with E-state index in [2.05, 4.69) is 43.1 Å². The predicted molar refractivity (Wildman–Crippen MR) is 206 cm³/mol. The van der Waals surface area contributed by atoms with Crippen LogP contribution in [-0.2, 0) is 18.1 Å². The number of carbonyl (C=O) groups is 1. The van der Waals surface area contributed by atoms with Crippen molar-refractivity contribution in [1.82, 2.24) is 15.2 Å². The summed E-state index contributed by atoms with van der Waals surface area (Å²) in [5.74, 6) is 1.35. The van der Waals surface area contributed by atoms with E-state index in [4.69, 9.17) is 9.72 Å². The van der Waals surface area contributed by atoms with Crippen molar-refractivity contribution in [3.05, 3.63) is 95.1 Å². The van der Waals surface area contributed by atoms with Gasteiger partial charge in [0.25, 0.3) is 5.91 Å². The second kappa shape index (κ2) is 15.8. The fourth-order valence-corrected chi connectivity index (χ4v) is 8.84. The van der Waals surface area contributed by atoms with Gasteiger partial charge in [0.1, 0.15) is 5.75 Å². The molecule has 3 fully saturated rings. The van der Waals surface area contributed by atoms with E-state index in [0.29, 0.717) is 64.4 Å². The number of fused-ring (bicyclic) bond motifs is 1. The Morgan fingerprint density at radius 1 is 0.906 bits per heavy atom. The van der Waals surface area contributed by atoms with Gasteiger partial charge in [-0.25, -0.2) is 4.98 Å². The van der Waals surface area contributed by atoms with Crippen LogP contribution in [0.15, 0.2) is 72.8 Å². The van der Waals surface area contributed by atoms with Crippen molar-refractivity contribution in [2.75, 3.05) is 19.7 Å². The third-order valence-corrected chi connectivity index (χ3v) is 12.0. The summed E-state index contributed by atoms with van der Waals surface area (Å²) in [4.78, 5) is 22.7. The number of pyridine rings is 1. The topological polar surface area (TPSA) is 54.5 Å². The first kappa shape index (κ1) is 37.4. The molecule has 7 rings (SSSR count).